The van der Waals surface area contributed by atoms with Crippen LogP contribution in [-0.2, 0) is 9.53 Å². The molecule has 0 spiro atoms. The Morgan fingerprint density at radius 1 is 1.18 bits per heavy atom. The molecule has 0 saturated heterocycles. The quantitative estimate of drug-likeness (QED) is 0.860. The number of nitrogens with one attached hydrogen (secondary N) is 1. The van der Waals surface area contributed by atoms with Crippen molar-refractivity contribution in [3.63, 3.8) is 0 Å². The van der Waals surface area contributed by atoms with Crippen molar-refractivity contribution >= 4 is 28.2 Å². The molecule has 1 amide bonds. The van der Waals surface area contributed by atoms with Gasteiger partial charge < -0.3 is 14.8 Å². The third-order valence-corrected chi connectivity index (χ3v) is 4.26. The molecule has 0 atom stereocenters. The summed E-state index contributed by atoms with van der Waals surface area (Å²) < 4.78 is 10.1. The SMILES string of the molecule is COC(=O)c1c(NC(=O)COc2ccccc2)sc(C)c1C. The fourth-order valence-electron chi connectivity index (χ4n) is 1.89. The Kier molecular flexibility index (Phi) is 5.16. The van der Waals surface area contributed by atoms with Gasteiger partial charge in [0.15, 0.2) is 6.61 Å². The monoisotopic (exact) mass is 319 g/mol. The van der Waals surface area contributed by atoms with Gasteiger partial charge in [0.1, 0.15) is 10.8 Å². The van der Waals surface area contributed by atoms with Crippen molar-refractivity contribution in [1.29, 1.82) is 0 Å². The lowest BCUT2D eigenvalue weighted by Gasteiger charge is -2.07. The maximum Gasteiger partial charge on any atom is 0.341 e. The van der Waals surface area contributed by atoms with Gasteiger partial charge in [-0.2, -0.15) is 0 Å². The average Bonchev–Trinajstić information content (AvgIpc) is 2.80. The Hall–Kier alpha value is -2.34. The first-order chi connectivity index (χ1) is 10.5. The normalized spacial score (nSPS) is 10.1. The Bertz CT molecular complexity index is 679. The largest absolute Gasteiger partial charge is 0.484 e. The minimum Gasteiger partial charge on any atom is -0.484 e. The van der Waals surface area contributed by atoms with E-state index in [9.17, 15) is 9.59 Å². The first kappa shape index (κ1) is 16.0. The van der Waals surface area contributed by atoms with Gasteiger partial charge in [-0.25, -0.2) is 4.79 Å². The molecule has 1 aromatic heterocycles. The third kappa shape index (κ3) is 3.65. The van der Waals surface area contributed by atoms with E-state index in [1.165, 1.54) is 18.4 Å². The van der Waals surface area contributed by atoms with E-state index in [4.69, 9.17) is 9.47 Å². The lowest BCUT2D eigenvalue weighted by molar-refractivity contribution is -0.118. The zero-order valence-electron chi connectivity index (χ0n) is 12.6. The summed E-state index contributed by atoms with van der Waals surface area (Å²) >= 11 is 1.35. The average molecular weight is 319 g/mol. The number of aryl methyl sites for hydroxylation is 1. The minimum absolute atomic E-state index is 0.124. The maximum atomic E-state index is 12.0. The van der Waals surface area contributed by atoms with Crippen LogP contribution in [0.3, 0.4) is 0 Å². The lowest BCUT2D eigenvalue weighted by atomic mass is 10.1. The molecule has 0 bridgehead atoms. The molecular formula is C16H17NO4S. The van der Waals surface area contributed by atoms with E-state index in [-0.39, 0.29) is 12.5 Å². The number of hydrogen-bond donors (Lipinski definition) is 1. The standard InChI is InChI=1S/C16H17NO4S/c1-10-11(2)22-15(14(10)16(19)20-3)17-13(18)9-21-12-7-5-4-6-8-12/h4-8H,9H2,1-3H3,(H,17,18). The molecule has 5 nitrogen and oxygen atoms in total. The molecule has 1 N–H and O–H groups in total. The predicted octanol–water partition coefficient (Wildman–Crippen LogP) is 3.17. The Balaban J connectivity index is 2.05. The Morgan fingerprint density at radius 3 is 2.50 bits per heavy atom. The first-order valence-corrected chi connectivity index (χ1v) is 7.50. The molecule has 2 rings (SSSR count). The highest BCUT2D eigenvalue weighted by Crippen LogP contribution is 2.32. The molecule has 2 aromatic rings. The van der Waals surface area contributed by atoms with Gasteiger partial charge in [0.2, 0.25) is 0 Å². The van der Waals surface area contributed by atoms with Crippen LogP contribution in [0.15, 0.2) is 30.3 Å². The van der Waals surface area contributed by atoms with Gasteiger partial charge in [0.05, 0.1) is 12.7 Å². The number of anilines is 1. The third-order valence-electron chi connectivity index (χ3n) is 3.14. The number of carbonyl (C=O) groups excluding carboxylic acids is 2. The van der Waals surface area contributed by atoms with Crippen molar-refractivity contribution in [1.82, 2.24) is 0 Å². The van der Waals surface area contributed by atoms with Crippen molar-refractivity contribution in [2.75, 3.05) is 19.0 Å². The predicted molar refractivity (Wildman–Crippen MR) is 85.7 cm³/mol. The molecular weight excluding hydrogens is 302 g/mol. The molecule has 0 aliphatic heterocycles. The maximum absolute atomic E-state index is 12.0. The molecule has 0 aliphatic rings. The number of hydrogen-bond acceptors (Lipinski definition) is 5. The molecule has 0 unspecified atom stereocenters. The fourth-order valence-corrected chi connectivity index (χ4v) is 2.96. The second kappa shape index (κ2) is 7.09. The van der Waals surface area contributed by atoms with Gasteiger partial charge in [-0.1, -0.05) is 18.2 Å². The van der Waals surface area contributed by atoms with Crippen LogP contribution in [0.5, 0.6) is 5.75 Å². The second-order valence-corrected chi connectivity index (χ2v) is 5.85. The van der Waals surface area contributed by atoms with Crippen LogP contribution in [0.2, 0.25) is 0 Å². The van der Waals surface area contributed by atoms with Crippen molar-refractivity contribution in [2.24, 2.45) is 0 Å². The van der Waals surface area contributed by atoms with E-state index in [0.717, 1.165) is 10.4 Å². The number of ether oxygens (including phenoxy) is 2. The van der Waals surface area contributed by atoms with E-state index in [1.807, 2.05) is 32.0 Å². The van der Waals surface area contributed by atoms with Gasteiger partial charge in [0.25, 0.3) is 5.91 Å². The van der Waals surface area contributed by atoms with Crippen LogP contribution in [0.4, 0.5) is 5.00 Å². The minimum atomic E-state index is -0.457. The molecule has 6 heteroatoms. The Labute approximate surface area is 132 Å². The smallest absolute Gasteiger partial charge is 0.341 e. The van der Waals surface area contributed by atoms with Crippen LogP contribution >= 0.6 is 11.3 Å². The lowest BCUT2D eigenvalue weighted by Crippen LogP contribution is -2.21. The highest BCUT2D eigenvalue weighted by atomic mass is 32.1. The van der Waals surface area contributed by atoms with Crippen LogP contribution in [0, 0.1) is 13.8 Å². The summed E-state index contributed by atoms with van der Waals surface area (Å²) in [7, 11) is 1.32. The molecule has 0 radical (unpaired) electrons. The molecule has 1 aromatic carbocycles. The van der Waals surface area contributed by atoms with E-state index in [0.29, 0.717) is 16.3 Å². The number of esters is 1. The zero-order valence-corrected chi connectivity index (χ0v) is 13.5. The zero-order chi connectivity index (χ0) is 16.1. The van der Waals surface area contributed by atoms with Gasteiger partial charge in [0, 0.05) is 4.88 Å². The topological polar surface area (TPSA) is 64.6 Å². The summed E-state index contributed by atoms with van der Waals surface area (Å²) in [5.41, 5.74) is 1.22. The van der Waals surface area contributed by atoms with Crippen LogP contribution in [0.1, 0.15) is 20.8 Å². The summed E-state index contributed by atoms with van der Waals surface area (Å²) in [5.74, 6) is -0.166. The van der Waals surface area contributed by atoms with Gasteiger partial charge >= 0.3 is 5.97 Å². The second-order valence-electron chi connectivity index (χ2n) is 4.63. The van der Waals surface area contributed by atoms with Gasteiger partial charge in [-0.15, -0.1) is 11.3 Å². The van der Waals surface area contributed by atoms with E-state index in [1.54, 1.807) is 12.1 Å². The number of benzene rings is 1. The summed E-state index contributed by atoms with van der Waals surface area (Å²) in [6, 6.07) is 9.06. The number of methoxy groups -OCH3 is 1. The number of amides is 1. The first-order valence-electron chi connectivity index (χ1n) is 6.69. The van der Waals surface area contributed by atoms with Crippen LogP contribution in [0.25, 0.3) is 0 Å². The van der Waals surface area contributed by atoms with E-state index < -0.39 is 5.97 Å². The molecule has 1 heterocycles. The summed E-state index contributed by atoms with van der Waals surface area (Å²) in [5, 5.41) is 3.20. The van der Waals surface area contributed by atoms with Gasteiger partial charge in [-0.05, 0) is 31.5 Å². The fraction of sp³-hybridized carbons (Fsp3) is 0.250. The summed E-state index contributed by atoms with van der Waals surface area (Å²) in [6.45, 7) is 3.59. The van der Waals surface area contributed by atoms with Crippen molar-refractivity contribution in [3.8, 4) is 5.75 Å². The molecule has 0 aliphatic carbocycles. The van der Waals surface area contributed by atoms with Crippen molar-refractivity contribution in [2.45, 2.75) is 13.8 Å². The highest BCUT2D eigenvalue weighted by Gasteiger charge is 2.21. The van der Waals surface area contributed by atoms with Gasteiger partial charge in [-0.3, -0.25) is 4.79 Å². The van der Waals surface area contributed by atoms with Crippen molar-refractivity contribution < 1.29 is 19.1 Å². The molecule has 22 heavy (non-hydrogen) atoms. The van der Waals surface area contributed by atoms with E-state index >= 15 is 0 Å². The number of carbonyl (C=O) groups is 2. The van der Waals surface area contributed by atoms with Crippen LogP contribution < -0.4 is 10.1 Å². The number of para-hydroxylation sites is 1. The number of thiophene rings is 1. The molecule has 0 fully saturated rings. The Morgan fingerprint density at radius 2 is 1.86 bits per heavy atom. The molecule has 116 valence electrons. The summed E-state index contributed by atoms with van der Waals surface area (Å²) in [6.07, 6.45) is 0. The summed E-state index contributed by atoms with van der Waals surface area (Å²) in [4.78, 5) is 24.8. The number of rotatable bonds is 5. The van der Waals surface area contributed by atoms with Crippen molar-refractivity contribution in [3.05, 3.63) is 46.3 Å². The van der Waals surface area contributed by atoms with Crippen LogP contribution in [-0.4, -0.2) is 25.6 Å². The highest BCUT2D eigenvalue weighted by molar-refractivity contribution is 7.16. The molecule has 0 saturated carbocycles. The van der Waals surface area contributed by atoms with E-state index in [2.05, 4.69) is 5.32 Å².